The second-order valence-corrected chi connectivity index (χ2v) is 3.72. The molecule has 0 heterocycles. The molecule has 2 nitrogen and oxygen atoms in total. The van der Waals surface area contributed by atoms with E-state index >= 15 is 0 Å². The molecule has 2 unspecified atom stereocenters. The second-order valence-electron chi connectivity index (χ2n) is 3.72. The Bertz CT molecular complexity index is 227. The zero-order valence-corrected chi connectivity index (χ0v) is 8.42. The molecule has 2 heteroatoms. The van der Waals surface area contributed by atoms with E-state index in [9.17, 15) is 0 Å². The smallest absolute Gasteiger partial charge is 0.177 e. The van der Waals surface area contributed by atoms with Crippen LogP contribution >= 0.6 is 0 Å². The highest BCUT2D eigenvalue weighted by Gasteiger charge is 2.23. The van der Waals surface area contributed by atoms with Crippen molar-refractivity contribution in [3.63, 3.8) is 0 Å². The first kappa shape index (κ1) is 10.1. The number of rotatable bonds is 2. The van der Waals surface area contributed by atoms with Crippen molar-refractivity contribution in [3.05, 3.63) is 0 Å². The van der Waals surface area contributed by atoms with Gasteiger partial charge in [0.2, 0.25) is 0 Å². The van der Waals surface area contributed by atoms with Gasteiger partial charge >= 0.3 is 0 Å². The van der Waals surface area contributed by atoms with E-state index in [4.69, 9.17) is 11.3 Å². The lowest BCUT2D eigenvalue weighted by molar-refractivity contribution is 0.174. The minimum absolute atomic E-state index is 0.282. The molecule has 0 aromatic heterocycles. The fraction of sp³-hybridized carbons (Fsp3) is 0.727. The summed E-state index contributed by atoms with van der Waals surface area (Å²) in [6.07, 6.45) is 8.65. The first-order chi connectivity index (χ1) is 6.25. The summed E-state index contributed by atoms with van der Waals surface area (Å²) in [7, 11) is 0. The number of hydrogen-bond donors (Lipinski definition) is 0. The van der Waals surface area contributed by atoms with Crippen molar-refractivity contribution < 1.29 is 4.84 Å². The summed E-state index contributed by atoms with van der Waals surface area (Å²) >= 11 is 0. The molecule has 0 aliphatic heterocycles. The summed E-state index contributed by atoms with van der Waals surface area (Å²) in [5.41, 5.74) is 1.18. The molecule has 0 aromatic carbocycles. The first-order valence-corrected chi connectivity index (χ1v) is 4.88. The van der Waals surface area contributed by atoms with Crippen LogP contribution in [0.25, 0.3) is 0 Å². The predicted molar refractivity (Wildman–Crippen MR) is 54.4 cm³/mol. The average molecular weight is 179 g/mol. The molecule has 0 N–H and O–H groups in total. The van der Waals surface area contributed by atoms with Crippen LogP contribution in [0.5, 0.6) is 0 Å². The maximum atomic E-state index is 5.06. The number of nitrogens with zero attached hydrogens (tertiary/aromatic N) is 1. The van der Waals surface area contributed by atoms with Crippen molar-refractivity contribution in [1.82, 2.24) is 0 Å². The summed E-state index contributed by atoms with van der Waals surface area (Å²) in [5, 5.41) is 4.08. The van der Waals surface area contributed by atoms with Crippen LogP contribution in [-0.4, -0.2) is 12.3 Å². The lowest BCUT2D eigenvalue weighted by Crippen LogP contribution is -2.24. The Labute approximate surface area is 80.3 Å². The van der Waals surface area contributed by atoms with Gasteiger partial charge in [-0.1, -0.05) is 24.9 Å². The SMILES string of the molecule is C#CCO/N=C1\CCCC(C)C1C. The zero-order chi connectivity index (χ0) is 9.68. The van der Waals surface area contributed by atoms with E-state index in [0.29, 0.717) is 5.92 Å². The van der Waals surface area contributed by atoms with Crippen LogP contribution < -0.4 is 0 Å². The summed E-state index contributed by atoms with van der Waals surface area (Å²) in [5.74, 6) is 3.68. The highest BCUT2D eigenvalue weighted by Crippen LogP contribution is 2.27. The summed E-state index contributed by atoms with van der Waals surface area (Å²) in [6.45, 7) is 4.76. The van der Waals surface area contributed by atoms with Crippen molar-refractivity contribution >= 4 is 5.71 Å². The Hall–Kier alpha value is -0.970. The van der Waals surface area contributed by atoms with Crippen LogP contribution in [0.15, 0.2) is 5.16 Å². The minimum atomic E-state index is 0.282. The molecule has 0 saturated heterocycles. The van der Waals surface area contributed by atoms with Crippen molar-refractivity contribution in [2.75, 3.05) is 6.61 Å². The Morgan fingerprint density at radius 3 is 3.08 bits per heavy atom. The first-order valence-electron chi connectivity index (χ1n) is 4.88. The van der Waals surface area contributed by atoms with Gasteiger partial charge < -0.3 is 4.84 Å². The quantitative estimate of drug-likeness (QED) is 0.362. The number of terminal acetylenes is 1. The van der Waals surface area contributed by atoms with Crippen LogP contribution in [0.4, 0.5) is 0 Å². The highest BCUT2D eigenvalue weighted by molar-refractivity contribution is 5.86. The Balaban J connectivity index is 2.48. The van der Waals surface area contributed by atoms with Gasteiger partial charge in [0.25, 0.3) is 0 Å². The van der Waals surface area contributed by atoms with E-state index in [2.05, 4.69) is 24.9 Å². The summed E-state index contributed by atoms with van der Waals surface area (Å²) in [4.78, 5) is 4.99. The maximum absolute atomic E-state index is 5.06. The van der Waals surface area contributed by atoms with Crippen LogP contribution in [0.1, 0.15) is 33.1 Å². The lowest BCUT2D eigenvalue weighted by atomic mass is 9.80. The Morgan fingerprint density at radius 1 is 1.62 bits per heavy atom. The van der Waals surface area contributed by atoms with Gasteiger partial charge in [0, 0.05) is 5.92 Å². The largest absolute Gasteiger partial charge is 0.383 e. The van der Waals surface area contributed by atoms with Gasteiger partial charge in [0.1, 0.15) is 0 Å². The van der Waals surface area contributed by atoms with Crippen LogP contribution in [0.2, 0.25) is 0 Å². The summed E-state index contributed by atoms with van der Waals surface area (Å²) < 4.78 is 0. The van der Waals surface area contributed by atoms with Gasteiger partial charge in [-0.15, -0.1) is 6.42 Å². The fourth-order valence-electron chi connectivity index (χ4n) is 1.69. The molecular formula is C11H17NO. The van der Waals surface area contributed by atoms with Gasteiger partial charge in [0.05, 0.1) is 5.71 Å². The normalized spacial score (nSPS) is 31.3. The van der Waals surface area contributed by atoms with Gasteiger partial charge in [-0.3, -0.25) is 0 Å². The third-order valence-corrected chi connectivity index (χ3v) is 2.80. The summed E-state index contributed by atoms with van der Waals surface area (Å²) in [6, 6.07) is 0. The van der Waals surface area contributed by atoms with Gasteiger partial charge in [-0.25, -0.2) is 0 Å². The lowest BCUT2D eigenvalue weighted by Gasteiger charge is -2.26. The molecule has 1 saturated carbocycles. The predicted octanol–water partition coefficient (Wildman–Crippen LogP) is 2.45. The molecule has 1 aliphatic carbocycles. The molecule has 72 valence electrons. The monoisotopic (exact) mass is 179 g/mol. The van der Waals surface area contributed by atoms with Crippen LogP contribution in [0.3, 0.4) is 0 Å². The molecule has 0 spiro atoms. The van der Waals surface area contributed by atoms with E-state index in [1.165, 1.54) is 18.6 Å². The van der Waals surface area contributed by atoms with Crippen molar-refractivity contribution in [3.8, 4) is 12.3 Å². The fourth-order valence-corrected chi connectivity index (χ4v) is 1.69. The third kappa shape index (κ3) is 2.77. The molecule has 1 aliphatic rings. The standard InChI is InChI=1S/C11H17NO/c1-4-8-13-12-11-7-5-6-9(2)10(11)3/h1,9-10H,5-8H2,2-3H3/b12-11+. The third-order valence-electron chi connectivity index (χ3n) is 2.80. The maximum Gasteiger partial charge on any atom is 0.177 e. The van der Waals surface area contributed by atoms with Crippen LogP contribution in [0, 0.1) is 24.2 Å². The topological polar surface area (TPSA) is 21.6 Å². The molecule has 0 bridgehead atoms. The molecule has 13 heavy (non-hydrogen) atoms. The molecule has 1 rings (SSSR count). The molecule has 0 amide bonds. The van der Waals surface area contributed by atoms with Crippen molar-refractivity contribution in [1.29, 1.82) is 0 Å². The molecule has 1 fully saturated rings. The molecule has 0 aromatic rings. The number of hydrogen-bond acceptors (Lipinski definition) is 2. The Morgan fingerprint density at radius 2 is 2.38 bits per heavy atom. The van der Waals surface area contributed by atoms with Gasteiger partial charge in [-0.05, 0) is 25.2 Å². The molecular weight excluding hydrogens is 162 g/mol. The Kier molecular flexibility index (Phi) is 3.82. The van der Waals surface area contributed by atoms with E-state index in [-0.39, 0.29) is 6.61 Å². The number of oxime groups is 1. The minimum Gasteiger partial charge on any atom is -0.383 e. The molecule has 2 atom stereocenters. The van der Waals surface area contributed by atoms with Gasteiger partial charge in [0.15, 0.2) is 6.61 Å². The van der Waals surface area contributed by atoms with Gasteiger partial charge in [-0.2, -0.15) is 0 Å². The van der Waals surface area contributed by atoms with E-state index in [1.54, 1.807) is 0 Å². The highest BCUT2D eigenvalue weighted by atomic mass is 16.6. The van der Waals surface area contributed by atoms with Crippen molar-refractivity contribution in [2.24, 2.45) is 17.0 Å². The molecule has 0 radical (unpaired) electrons. The van der Waals surface area contributed by atoms with Crippen molar-refractivity contribution in [2.45, 2.75) is 33.1 Å². The van der Waals surface area contributed by atoms with E-state index in [0.717, 1.165) is 12.3 Å². The average Bonchev–Trinajstić information content (AvgIpc) is 2.13. The van der Waals surface area contributed by atoms with Crippen LogP contribution in [-0.2, 0) is 4.84 Å². The van der Waals surface area contributed by atoms with E-state index < -0.39 is 0 Å². The van der Waals surface area contributed by atoms with E-state index in [1.807, 2.05) is 0 Å². The zero-order valence-electron chi connectivity index (χ0n) is 8.42. The second kappa shape index (κ2) is 4.91.